The van der Waals surface area contributed by atoms with Gasteiger partial charge in [-0.05, 0) is 18.4 Å². The highest BCUT2D eigenvalue weighted by atomic mass is 16.4. The molecule has 0 bridgehead atoms. The molecule has 1 amide bonds. The van der Waals surface area contributed by atoms with Gasteiger partial charge in [0.15, 0.2) is 0 Å². The third-order valence-electron chi connectivity index (χ3n) is 2.96. The van der Waals surface area contributed by atoms with Crippen LogP contribution in [0, 0.1) is 6.92 Å². The summed E-state index contributed by atoms with van der Waals surface area (Å²) in [6.45, 7) is 2.06. The van der Waals surface area contributed by atoms with Crippen LogP contribution in [0.2, 0.25) is 0 Å². The van der Waals surface area contributed by atoms with E-state index in [-0.39, 0.29) is 12.5 Å². The normalized spacial score (nSPS) is 10.7. The Labute approximate surface area is 115 Å². The SMILES string of the molecule is Cc1cnc(CNC(=O)c2nccc3ccccc23)o1. The summed E-state index contributed by atoms with van der Waals surface area (Å²) >= 11 is 0. The highest BCUT2D eigenvalue weighted by molar-refractivity contribution is 6.05. The number of aryl methyl sites for hydroxylation is 1. The molecule has 0 saturated carbocycles. The predicted octanol–water partition coefficient (Wildman–Crippen LogP) is 2.46. The van der Waals surface area contributed by atoms with Crippen molar-refractivity contribution in [1.29, 1.82) is 0 Å². The third kappa shape index (κ3) is 2.38. The Bertz CT molecular complexity index is 759. The molecular weight excluding hydrogens is 254 g/mol. The lowest BCUT2D eigenvalue weighted by Gasteiger charge is -2.05. The van der Waals surface area contributed by atoms with Crippen molar-refractivity contribution in [3.63, 3.8) is 0 Å². The molecule has 0 atom stereocenters. The van der Waals surface area contributed by atoms with Crippen LogP contribution in [0.3, 0.4) is 0 Å². The second kappa shape index (κ2) is 5.13. The fourth-order valence-electron chi connectivity index (χ4n) is 2.02. The van der Waals surface area contributed by atoms with E-state index in [2.05, 4.69) is 15.3 Å². The summed E-state index contributed by atoms with van der Waals surface area (Å²) in [4.78, 5) is 20.4. The predicted molar refractivity (Wildman–Crippen MR) is 74.2 cm³/mol. The molecule has 0 aliphatic heterocycles. The van der Waals surface area contributed by atoms with Crippen LogP contribution < -0.4 is 5.32 Å². The zero-order valence-electron chi connectivity index (χ0n) is 11.0. The molecule has 0 radical (unpaired) electrons. The number of oxazole rings is 1. The summed E-state index contributed by atoms with van der Waals surface area (Å²) in [5, 5.41) is 4.58. The Morgan fingerprint density at radius 1 is 1.25 bits per heavy atom. The number of rotatable bonds is 3. The Balaban J connectivity index is 1.82. The largest absolute Gasteiger partial charge is 0.444 e. The highest BCUT2D eigenvalue weighted by Crippen LogP contribution is 2.16. The van der Waals surface area contributed by atoms with Crippen molar-refractivity contribution in [3.8, 4) is 0 Å². The van der Waals surface area contributed by atoms with E-state index < -0.39 is 0 Å². The molecular formula is C15H13N3O2. The number of nitrogens with one attached hydrogen (secondary N) is 1. The van der Waals surface area contributed by atoms with Crippen molar-refractivity contribution in [2.45, 2.75) is 13.5 Å². The van der Waals surface area contributed by atoms with Gasteiger partial charge in [-0.2, -0.15) is 0 Å². The number of hydrogen-bond acceptors (Lipinski definition) is 4. The second-order valence-corrected chi connectivity index (χ2v) is 4.43. The zero-order valence-corrected chi connectivity index (χ0v) is 11.0. The van der Waals surface area contributed by atoms with E-state index in [9.17, 15) is 4.79 Å². The van der Waals surface area contributed by atoms with Gasteiger partial charge >= 0.3 is 0 Å². The highest BCUT2D eigenvalue weighted by Gasteiger charge is 2.12. The number of pyridine rings is 1. The van der Waals surface area contributed by atoms with Crippen molar-refractivity contribution in [3.05, 3.63) is 60.1 Å². The molecule has 1 N–H and O–H groups in total. The Morgan fingerprint density at radius 2 is 2.10 bits per heavy atom. The summed E-state index contributed by atoms with van der Waals surface area (Å²) in [7, 11) is 0. The van der Waals surface area contributed by atoms with E-state index in [1.54, 1.807) is 12.4 Å². The molecule has 3 rings (SSSR count). The molecule has 0 fully saturated rings. The second-order valence-electron chi connectivity index (χ2n) is 4.43. The fourth-order valence-corrected chi connectivity index (χ4v) is 2.02. The summed E-state index contributed by atoms with van der Waals surface area (Å²) in [6.07, 6.45) is 3.25. The lowest BCUT2D eigenvalue weighted by Crippen LogP contribution is -2.24. The Kier molecular flexibility index (Phi) is 3.16. The maximum absolute atomic E-state index is 12.2. The monoisotopic (exact) mass is 267 g/mol. The van der Waals surface area contributed by atoms with Crippen molar-refractivity contribution >= 4 is 16.7 Å². The standard InChI is InChI=1S/C15H13N3O2/c1-10-8-17-13(20-10)9-18-15(19)14-12-5-3-2-4-11(12)6-7-16-14/h2-8H,9H2,1H3,(H,18,19). The van der Waals surface area contributed by atoms with Crippen LogP contribution in [-0.2, 0) is 6.54 Å². The number of benzene rings is 1. The van der Waals surface area contributed by atoms with Gasteiger partial charge in [0.2, 0.25) is 5.89 Å². The minimum absolute atomic E-state index is 0.238. The van der Waals surface area contributed by atoms with Gasteiger partial charge < -0.3 is 9.73 Å². The number of carbonyl (C=O) groups excluding carboxylic acids is 1. The van der Waals surface area contributed by atoms with Crippen LogP contribution >= 0.6 is 0 Å². The van der Waals surface area contributed by atoms with Crippen LogP contribution in [0.25, 0.3) is 10.8 Å². The number of fused-ring (bicyclic) bond motifs is 1. The minimum Gasteiger partial charge on any atom is -0.444 e. The first-order valence-electron chi connectivity index (χ1n) is 6.27. The quantitative estimate of drug-likeness (QED) is 0.791. The third-order valence-corrected chi connectivity index (χ3v) is 2.96. The number of carbonyl (C=O) groups is 1. The number of aromatic nitrogens is 2. The van der Waals surface area contributed by atoms with Gasteiger partial charge in [-0.15, -0.1) is 0 Å². The molecule has 5 heteroatoms. The van der Waals surface area contributed by atoms with Gasteiger partial charge in [-0.3, -0.25) is 9.78 Å². The molecule has 5 nitrogen and oxygen atoms in total. The summed E-state index contributed by atoms with van der Waals surface area (Å²) in [5.74, 6) is 0.964. The Morgan fingerprint density at radius 3 is 2.90 bits per heavy atom. The maximum atomic E-state index is 12.2. The van der Waals surface area contributed by atoms with Gasteiger partial charge in [-0.1, -0.05) is 24.3 Å². The van der Waals surface area contributed by atoms with Gasteiger partial charge in [0.25, 0.3) is 5.91 Å². The molecule has 0 aliphatic rings. The summed E-state index contributed by atoms with van der Waals surface area (Å²) in [5.41, 5.74) is 0.409. The van der Waals surface area contributed by atoms with Crippen molar-refractivity contribution in [1.82, 2.24) is 15.3 Å². The smallest absolute Gasteiger partial charge is 0.270 e. The van der Waals surface area contributed by atoms with E-state index in [1.807, 2.05) is 37.3 Å². The summed E-state index contributed by atoms with van der Waals surface area (Å²) < 4.78 is 5.31. The average Bonchev–Trinajstić information content (AvgIpc) is 2.90. The first kappa shape index (κ1) is 12.3. The van der Waals surface area contributed by atoms with Gasteiger partial charge in [0.05, 0.1) is 12.7 Å². The minimum atomic E-state index is -0.238. The van der Waals surface area contributed by atoms with Crippen LogP contribution in [0.1, 0.15) is 22.1 Å². The van der Waals surface area contributed by atoms with E-state index in [1.165, 1.54) is 0 Å². The molecule has 3 aromatic rings. The lowest BCUT2D eigenvalue weighted by atomic mass is 10.1. The van der Waals surface area contributed by atoms with Crippen LogP contribution in [0.5, 0.6) is 0 Å². The van der Waals surface area contributed by atoms with Gasteiger partial charge in [-0.25, -0.2) is 4.98 Å². The van der Waals surface area contributed by atoms with Crippen LogP contribution in [0.4, 0.5) is 0 Å². The topological polar surface area (TPSA) is 68.0 Å². The van der Waals surface area contributed by atoms with Crippen LogP contribution in [-0.4, -0.2) is 15.9 Å². The van der Waals surface area contributed by atoms with E-state index in [0.29, 0.717) is 11.6 Å². The fraction of sp³-hybridized carbons (Fsp3) is 0.133. The zero-order chi connectivity index (χ0) is 13.9. The average molecular weight is 267 g/mol. The number of amides is 1. The van der Waals surface area contributed by atoms with Crippen molar-refractivity contribution in [2.75, 3.05) is 0 Å². The summed E-state index contributed by atoms with van der Waals surface area (Å²) in [6, 6.07) is 9.53. The molecule has 0 spiro atoms. The van der Waals surface area contributed by atoms with Gasteiger partial charge in [0, 0.05) is 11.6 Å². The van der Waals surface area contributed by atoms with Crippen molar-refractivity contribution < 1.29 is 9.21 Å². The van der Waals surface area contributed by atoms with E-state index in [0.717, 1.165) is 16.5 Å². The molecule has 0 unspecified atom stereocenters. The molecule has 100 valence electrons. The van der Waals surface area contributed by atoms with Crippen molar-refractivity contribution in [2.24, 2.45) is 0 Å². The van der Waals surface area contributed by atoms with E-state index in [4.69, 9.17) is 4.42 Å². The maximum Gasteiger partial charge on any atom is 0.270 e. The first-order valence-corrected chi connectivity index (χ1v) is 6.27. The molecule has 2 heterocycles. The lowest BCUT2D eigenvalue weighted by molar-refractivity contribution is 0.0944. The molecule has 0 aliphatic carbocycles. The van der Waals surface area contributed by atoms with Crippen LogP contribution in [0.15, 0.2) is 47.1 Å². The Hall–Kier alpha value is -2.69. The molecule has 20 heavy (non-hydrogen) atoms. The molecule has 2 aromatic heterocycles. The molecule has 1 aromatic carbocycles. The molecule has 0 saturated heterocycles. The van der Waals surface area contributed by atoms with Gasteiger partial charge in [0.1, 0.15) is 11.5 Å². The number of hydrogen-bond donors (Lipinski definition) is 1. The number of nitrogens with zero attached hydrogens (tertiary/aromatic N) is 2. The van der Waals surface area contributed by atoms with E-state index >= 15 is 0 Å². The first-order chi connectivity index (χ1) is 9.74.